The van der Waals surface area contributed by atoms with E-state index in [1.165, 1.54) is 11.3 Å². The molecule has 2 amide bonds. The molecule has 0 unspecified atom stereocenters. The van der Waals surface area contributed by atoms with Crippen molar-refractivity contribution in [2.45, 2.75) is 19.9 Å². The smallest absolute Gasteiger partial charge is 0.410 e. The standard InChI is InChI=1S/C28H23Cl2N3O3S/c1-2-36-28(35)33-14-13-20-23(16-33)37-27(31-15-18-9-5-11-21(29)25(18)30)24(20)26(34)32-22-12-6-8-17-7-3-4-10-19(17)22/h3-12,15H,2,13-14,16H2,1H3,(H,32,34)/b31-15+. The average molecular weight is 552 g/mol. The van der Waals surface area contributed by atoms with Crippen molar-refractivity contribution in [3.8, 4) is 0 Å². The van der Waals surface area contributed by atoms with Crippen LogP contribution in [0.2, 0.25) is 10.0 Å². The monoisotopic (exact) mass is 551 g/mol. The highest BCUT2D eigenvalue weighted by Gasteiger charge is 2.30. The van der Waals surface area contributed by atoms with E-state index >= 15 is 0 Å². The fourth-order valence-corrected chi connectivity index (χ4v) is 5.91. The van der Waals surface area contributed by atoms with Gasteiger partial charge in [0.15, 0.2) is 0 Å². The topological polar surface area (TPSA) is 71.0 Å². The van der Waals surface area contributed by atoms with Crippen LogP contribution in [0.5, 0.6) is 0 Å². The SMILES string of the molecule is CCOC(=O)N1CCc2c(sc(/N=C/c3cccc(Cl)c3Cl)c2C(=O)Nc2cccc3ccccc23)C1. The lowest BCUT2D eigenvalue weighted by Crippen LogP contribution is -2.36. The van der Waals surface area contributed by atoms with Crippen LogP contribution in [0.25, 0.3) is 10.8 Å². The van der Waals surface area contributed by atoms with Gasteiger partial charge in [0.1, 0.15) is 5.00 Å². The molecule has 1 aliphatic rings. The minimum Gasteiger partial charge on any atom is -0.450 e. The Bertz CT molecular complexity index is 1530. The summed E-state index contributed by atoms with van der Waals surface area (Å²) in [6.45, 7) is 2.91. The number of aliphatic imine (C=N–C) groups is 1. The van der Waals surface area contributed by atoms with E-state index in [4.69, 9.17) is 27.9 Å². The zero-order chi connectivity index (χ0) is 25.9. The number of nitrogens with zero attached hydrogens (tertiary/aromatic N) is 2. The van der Waals surface area contributed by atoms with Crippen molar-refractivity contribution in [2.24, 2.45) is 4.99 Å². The van der Waals surface area contributed by atoms with Gasteiger partial charge in [-0.3, -0.25) is 4.79 Å². The summed E-state index contributed by atoms with van der Waals surface area (Å²) in [4.78, 5) is 33.3. The Morgan fingerprint density at radius 2 is 1.89 bits per heavy atom. The number of benzene rings is 3. The first-order valence-corrected chi connectivity index (χ1v) is 13.4. The van der Waals surface area contributed by atoms with Crippen LogP contribution >= 0.6 is 34.5 Å². The molecular weight excluding hydrogens is 529 g/mol. The molecule has 0 fully saturated rings. The maximum atomic E-state index is 13.7. The summed E-state index contributed by atoms with van der Waals surface area (Å²) in [5, 5.41) is 6.44. The van der Waals surface area contributed by atoms with Gasteiger partial charge in [0.2, 0.25) is 0 Å². The average Bonchev–Trinajstić information content (AvgIpc) is 3.27. The number of rotatable bonds is 5. The molecule has 0 saturated heterocycles. The second-order valence-electron chi connectivity index (χ2n) is 8.44. The van der Waals surface area contributed by atoms with E-state index in [0.29, 0.717) is 52.3 Å². The molecule has 1 aromatic heterocycles. The van der Waals surface area contributed by atoms with Gasteiger partial charge >= 0.3 is 6.09 Å². The highest BCUT2D eigenvalue weighted by Crippen LogP contribution is 2.40. The van der Waals surface area contributed by atoms with Gasteiger partial charge < -0.3 is 15.0 Å². The highest BCUT2D eigenvalue weighted by atomic mass is 35.5. The van der Waals surface area contributed by atoms with E-state index in [1.807, 2.05) is 48.5 Å². The number of halogens is 2. The number of ether oxygens (including phenoxy) is 1. The lowest BCUT2D eigenvalue weighted by atomic mass is 10.0. The van der Waals surface area contributed by atoms with E-state index in [9.17, 15) is 9.59 Å². The van der Waals surface area contributed by atoms with Crippen LogP contribution in [0.3, 0.4) is 0 Å². The molecule has 2 heterocycles. The van der Waals surface area contributed by atoms with Gasteiger partial charge in [-0.1, -0.05) is 71.7 Å². The summed E-state index contributed by atoms with van der Waals surface area (Å²) >= 11 is 13.9. The second kappa shape index (κ2) is 10.9. The summed E-state index contributed by atoms with van der Waals surface area (Å²) in [6.07, 6.45) is 1.78. The largest absolute Gasteiger partial charge is 0.450 e. The molecule has 37 heavy (non-hydrogen) atoms. The van der Waals surface area contributed by atoms with Crippen molar-refractivity contribution in [1.29, 1.82) is 0 Å². The summed E-state index contributed by atoms with van der Waals surface area (Å²) in [7, 11) is 0. The van der Waals surface area contributed by atoms with Crippen LogP contribution in [0, 0.1) is 0 Å². The van der Waals surface area contributed by atoms with Crippen LogP contribution in [0.1, 0.15) is 33.3 Å². The summed E-state index contributed by atoms with van der Waals surface area (Å²) in [5.74, 6) is -0.247. The Labute approximate surface area is 228 Å². The Hall–Kier alpha value is -3.39. The number of hydrogen-bond donors (Lipinski definition) is 1. The Balaban J connectivity index is 1.53. The molecule has 1 aliphatic heterocycles. The van der Waals surface area contributed by atoms with Gasteiger partial charge in [-0.2, -0.15) is 0 Å². The Kier molecular flexibility index (Phi) is 7.46. The van der Waals surface area contributed by atoms with Crippen molar-refractivity contribution < 1.29 is 14.3 Å². The van der Waals surface area contributed by atoms with E-state index in [1.54, 1.807) is 30.2 Å². The molecule has 0 bridgehead atoms. The van der Waals surface area contributed by atoms with Crippen molar-refractivity contribution in [2.75, 3.05) is 18.5 Å². The lowest BCUT2D eigenvalue weighted by Gasteiger charge is -2.26. The summed E-state index contributed by atoms with van der Waals surface area (Å²) in [5.41, 5.74) is 2.77. The van der Waals surface area contributed by atoms with Gasteiger partial charge in [0.25, 0.3) is 5.91 Å². The van der Waals surface area contributed by atoms with Crippen molar-refractivity contribution in [1.82, 2.24) is 4.90 Å². The molecule has 188 valence electrons. The normalized spacial score (nSPS) is 13.1. The van der Waals surface area contributed by atoms with Crippen LogP contribution in [0.15, 0.2) is 65.7 Å². The highest BCUT2D eigenvalue weighted by molar-refractivity contribution is 7.16. The molecular formula is C28H23Cl2N3O3S. The van der Waals surface area contributed by atoms with Gasteiger partial charge in [0.05, 0.1) is 28.8 Å². The Morgan fingerprint density at radius 3 is 2.73 bits per heavy atom. The third-order valence-electron chi connectivity index (χ3n) is 6.13. The molecule has 0 atom stereocenters. The summed E-state index contributed by atoms with van der Waals surface area (Å²) < 4.78 is 5.19. The van der Waals surface area contributed by atoms with Crippen molar-refractivity contribution in [3.63, 3.8) is 0 Å². The van der Waals surface area contributed by atoms with Crippen molar-refractivity contribution in [3.05, 3.63) is 92.3 Å². The molecule has 1 N–H and O–H groups in total. The molecule has 3 aromatic carbocycles. The fraction of sp³-hybridized carbons (Fsp3) is 0.179. The molecule has 0 radical (unpaired) electrons. The molecule has 6 nitrogen and oxygen atoms in total. The number of fused-ring (bicyclic) bond motifs is 2. The molecule has 9 heteroatoms. The number of amides is 2. The second-order valence-corrected chi connectivity index (χ2v) is 10.3. The van der Waals surface area contributed by atoms with Gasteiger partial charge in [-0.25, -0.2) is 9.79 Å². The van der Waals surface area contributed by atoms with Crippen LogP contribution in [-0.4, -0.2) is 36.3 Å². The number of anilines is 1. The number of thiophene rings is 1. The first kappa shape index (κ1) is 25.3. The van der Waals surface area contributed by atoms with Crippen LogP contribution < -0.4 is 5.32 Å². The number of carbonyl (C=O) groups excluding carboxylic acids is 2. The predicted octanol–water partition coefficient (Wildman–Crippen LogP) is 7.73. The first-order valence-electron chi connectivity index (χ1n) is 11.8. The zero-order valence-electron chi connectivity index (χ0n) is 20.0. The maximum Gasteiger partial charge on any atom is 0.410 e. The lowest BCUT2D eigenvalue weighted by molar-refractivity contribution is 0.102. The maximum absolute atomic E-state index is 13.7. The summed E-state index contributed by atoms with van der Waals surface area (Å²) in [6, 6.07) is 19.0. The minimum absolute atomic E-state index is 0.247. The number of carbonyl (C=O) groups is 2. The minimum atomic E-state index is -0.362. The molecule has 0 spiro atoms. The van der Waals surface area contributed by atoms with E-state index in [0.717, 1.165) is 26.9 Å². The quantitative estimate of drug-likeness (QED) is 0.258. The predicted molar refractivity (Wildman–Crippen MR) is 151 cm³/mol. The third kappa shape index (κ3) is 5.21. The van der Waals surface area contributed by atoms with Gasteiger partial charge in [-0.05, 0) is 36.4 Å². The number of nitrogens with one attached hydrogen (secondary N) is 1. The van der Waals surface area contributed by atoms with Crippen molar-refractivity contribution >= 4 is 74.2 Å². The van der Waals surface area contributed by atoms with Crippen LogP contribution in [0.4, 0.5) is 15.5 Å². The first-order chi connectivity index (χ1) is 18.0. The molecule has 5 rings (SSSR count). The molecule has 4 aromatic rings. The number of hydrogen-bond acceptors (Lipinski definition) is 5. The van der Waals surface area contributed by atoms with E-state index < -0.39 is 0 Å². The fourth-order valence-electron chi connectivity index (χ4n) is 4.35. The van der Waals surface area contributed by atoms with E-state index in [-0.39, 0.29) is 12.0 Å². The van der Waals surface area contributed by atoms with Crippen LogP contribution in [-0.2, 0) is 17.7 Å². The van der Waals surface area contributed by atoms with Gasteiger partial charge in [-0.15, -0.1) is 11.3 Å². The van der Waals surface area contributed by atoms with E-state index in [2.05, 4.69) is 10.3 Å². The third-order valence-corrected chi connectivity index (χ3v) is 8.09. The zero-order valence-corrected chi connectivity index (χ0v) is 22.3. The molecule has 0 saturated carbocycles. The molecule has 0 aliphatic carbocycles. The Morgan fingerprint density at radius 1 is 1.11 bits per heavy atom. The van der Waals surface area contributed by atoms with Gasteiger partial charge in [0, 0.05) is 34.3 Å².